The fraction of sp³-hybridized carbons (Fsp3) is 0.429. The SMILES string of the molecule is O=C(CO)N1CCN(Cc2nc3c(F)cccc3[nH]2)CC1. The third kappa shape index (κ3) is 2.88. The highest BCUT2D eigenvalue weighted by atomic mass is 19.1. The zero-order valence-corrected chi connectivity index (χ0v) is 11.5. The van der Waals surface area contributed by atoms with Gasteiger partial charge in [0, 0.05) is 26.2 Å². The lowest BCUT2D eigenvalue weighted by molar-refractivity contribution is -0.136. The number of aliphatic hydroxyl groups is 1. The van der Waals surface area contributed by atoms with E-state index in [0.29, 0.717) is 43.8 Å². The van der Waals surface area contributed by atoms with Gasteiger partial charge in [-0.2, -0.15) is 0 Å². The molecule has 0 atom stereocenters. The summed E-state index contributed by atoms with van der Waals surface area (Å²) in [5.41, 5.74) is 1.06. The van der Waals surface area contributed by atoms with Gasteiger partial charge in [0.05, 0.1) is 12.1 Å². The van der Waals surface area contributed by atoms with E-state index in [0.717, 1.165) is 5.82 Å². The number of amides is 1. The fourth-order valence-electron chi connectivity index (χ4n) is 2.59. The summed E-state index contributed by atoms with van der Waals surface area (Å²) in [6, 6.07) is 4.85. The normalized spacial score (nSPS) is 16.6. The Balaban J connectivity index is 1.64. The molecule has 2 heterocycles. The summed E-state index contributed by atoms with van der Waals surface area (Å²) in [4.78, 5) is 22.6. The van der Waals surface area contributed by atoms with E-state index in [1.165, 1.54) is 6.07 Å². The Hall–Kier alpha value is -1.99. The first-order chi connectivity index (χ1) is 10.2. The van der Waals surface area contributed by atoms with Gasteiger partial charge in [0.2, 0.25) is 5.91 Å². The minimum Gasteiger partial charge on any atom is -0.387 e. The second kappa shape index (κ2) is 5.79. The Morgan fingerprint density at radius 1 is 1.33 bits per heavy atom. The first-order valence-corrected chi connectivity index (χ1v) is 6.91. The van der Waals surface area contributed by atoms with E-state index >= 15 is 0 Å². The molecule has 0 unspecified atom stereocenters. The van der Waals surface area contributed by atoms with Crippen LogP contribution in [-0.4, -0.2) is 63.6 Å². The molecule has 112 valence electrons. The molecule has 2 aromatic rings. The van der Waals surface area contributed by atoms with E-state index in [2.05, 4.69) is 14.9 Å². The third-order valence-corrected chi connectivity index (χ3v) is 3.75. The number of aromatic nitrogens is 2. The second-order valence-corrected chi connectivity index (χ2v) is 5.13. The van der Waals surface area contributed by atoms with Crippen molar-refractivity contribution in [3.05, 3.63) is 29.8 Å². The highest BCUT2D eigenvalue weighted by Gasteiger charge is 2.21. The van der Waals surface area contributed by atoms with E-state index in [9.17, 15) is 9.18 Å². The molecule has 3 rings (SSSR count). The summed E-state index contributed by atoms with van der Waals surface area (Å²) >= 11 is 0. The molecule has 1 aromatic heterocycles. The van der Waals surface area contributed by atoms with Crippen molar-refractivity contribution in [1.82, 2.24) is 19.8 Å². The number of para-hydroxylation sites is 1. The maximum Gasteiger partial charge on any atom is 0.248 e. The molecule has 0 spiro atoms. The van der Waals surface area contributed by atoms with Crippen molar-refractivity contribution < 1.29 is 14.3 Å². The molecule has 1 aliphatic rings. The number of aromatic amines is 1. The lowest BCUT2D eigenvalue weighted by atomic mass is 10.3. The summed E-state index contributed by atoms with van der Waals surface area (Å²) in [5, 5.41) is 8.84. The van der Waals surface area contributed by atoms with Gasteiger partial charge in [-0.25, -0.2) is 9.37 Å². The van der Waals surface area contributed by atoms with Crippen LogP contribution in [0.4, 0.5) is 4.39 Å². The number of carbonyl (C=O) groups excluding carboxylic acids is 1. The number of H-pyrrole nitrogens is 1. The molecule has 0 aliphatic carbocycles. The van der Waals surface area contributed by atoms with Crippen molar-refractivity contribution >= 4 is 16.9 Å². The molecule has 2 N–H and O–H groups in total. The number of benzene rings is 1. The molecule has 21 heavy (non-hydrogen) atoms. The molecule has 1 fully saturated rings. The van der Waals surface area contributed by atoms with Crippen LogP contribution in [0.2, 0.25) is 0 Å². The van der Waals surface area contributed by atoms with E-state index in [-0.39, 0.29) is 11.7 Å². The molecule has 1 aromatic carbocycles. The molecule has 0 saturated carbocycles. The molecule has 1 saturated heterocycles. The molecule has 0 radical (unpaired) electrons. The zero-order valence-electron chi connectivity index (χ0n) is 11.5. The average Bonchev–Trinajstić information content (AvgIpc) is 2.91. The van der Waals surface area contributed by atoms with Crippen LogP contribution in [-0.2, 0) is 11.3 Å². The Kier molecular flexibility index (Phi) is 3.85. The summed E-state index contributed by atoms with van der Waals surface area (Å²) in [5.74, 6) is 0.158. The van der Waals surface area contributed by atoms with Crippen LogP contribution in [0.25, 0.3) is 11.0 Å². The molecule has 1 aliphatic heterocycles. The number of imidazole rings is 1. The molecule has 7 heteroatoms. The zero-order chi connectivity index (χ0) is 14.8. The third-order valence-electron chi connectivity index (χ3n) is 3.75. The van der Waals surface area contributed by atoms with Crippen LogP contribution in [0, 0.1) is 5.82 Å². The van der Waals surface area contributed by atoms with Crippen LogP contribution in [0.3, 0.4) is 0 Å². The van der Waals surface area contributed by atoms with Gasteiger partial charge < -0.3 is 15.0 Å². The Bertz CT molecular complexity index is 649. The molecule has 0 bridgehead atoms. The maximum absolute atomic E-state index is 13.6. The van der Waals surface area contributed by atoms with Crippen LogP contribution < -0.4 is 0 Å². The smallest absolute Gasteiger partial charge is 0.248 e. The topological polar surface area (TPSA) is 72.5 Å². The predicted octanol–water partition coefficient (Wildman–Crippen LogP) is 0.338. The lowest BCUT2D eigenvalue weighted by Gasteiger charge is -2.33. The largest absolute Gasteiger partial charge is 0.387 e. The Morgan fingerprint density at radius 3 is 2.76 bits per heavy atom. The average molecular weight is 292 g/mol. The summed E-state index contributed by atoms with van der Waals surface area (Å²) in [6.07, 6.45) is 0. The van der Waals surface area contributed by atoms with Crippen LogP contribution in [0.5, 0.6) is 0 Å². The predicted molar refractivity (Wildman–Crippen MR) is 75.0 cm³/mol. The molecular formula is C14H17FN4O2. The first kappa shape index (κ1) is 14.0. The van der Waals surface area contributed by atoms with Crippen LogP contribution in [0.15, 0.2) is 18.2 Å². The van der Waals surface area contributed by atoms with Gasteiger partial charge in [0.15, 0.2) is 5.82 Å². The van der Waals surface area contributed by atoms with Crippen molar-refractivity contribution in [1.29, 1.82) is 0 Å². The van der Waals surface area contributed by atoms with Crippen molar-refractivity contribution in [2.24, 2.45) is 0 Å². The number of rotatable bonds is 3. The summed E-state index contributed by atoms with van der Waals surface area (Å²) < 4.78 is 13.6. The number of hydrogen-bond donors (Lipinski definition) is 2. The monoisotopic (exact) mass is 292 g/mol. The number of halogens is 1. The van der Waals surface area contributed by atoms with Crippen molar-refractivity contribution in [3.8, 4) is 0 Å². The van der Waals surface area contributed by atoms with Crippen LogP contribution in [0.1, 0.15) is 5.82 Å². The van der Waals surface area contributed by atoms with Gasteiger partial charge in [-0.3, -0.25) is 9.69 Å². The minimum absolute atomic E-state index is 0.236. The van der Waals surface area contributed by atoms with Gasteiger partial charge in [-0.05, 0) is 12.1 Å². The fourth-order valence-corrected chi connectivity index (χ4v) is 2.59. The highest BCUT2D eigenvalue weighted by Crippen LogP contribution is 2.16. The standard InChI is InChI=1S/C14H17FN4O2/c15-10-2-1-3-11-14(10)17-12(16-11)8-18-4-6-19(7-5-18)13(21)9-20/h1-3,20H,4-9H2,(H,16,17). The van der Waals surface area contributed by atoms with Crippen molar-refractivity contribution in [2.45, 2.75) is 6.54 Å². The quantitative estimate of drug-likeness (QED) is 0.855. The summed E-state index contributed by atoms with van der Waals surface area (Å²) in [7, 11) is 0. The lowest BCUT2D eigenvalue weighted by Crippen LogP contribution is -2.49. The van der Waals surface area contributed by atoms with E-state index in [4.69, 9.17) is 5.11 Å². The van der Waals surface area contributed by atoms with E-state index in [1.54, 1.807) is 17.0 Å². The molecule has 1 amide bonds. The van der Waals surface area contributed by atoms with Crippen molar-refractivity contribution in [2.75, 3.05) is 32.8 Å². The van der Waals surface area contributed by atoms with Crippen molar-refractivity contribution in [3.63, 3.8) is 0 Å². The number of hydrogen-bond acceptors (Lipinski definition) is 4. The van der Waals surface area contributed by atoms with E-state index in [1.807, 2.05) is 0 Å². The van der Waals surface area contributed by atoms with E-state index < -0.39 is 6.61 Å². The number of aliphatic hydroxyl groups excluding tert-OH is 1. The second-order valence-electron chi connectivity index (χ2n) is 5.13. The highest BCUT2D eigenvalue weighted by molar-refractivity contribution is 5.77. The first-order valence-electron chi connectivity index (χ1n) is 6.91. The number of fused-ring (bicyclic) bond motifs is 1. The molecular weight excluding hydrogens is 275 g/mol. The van der Waals surface area contributed by atoms with Gasteiger partial charge >= 0.3 is 0 Å². The number of nitrogens with one attached hydrogen (secondary N) is 1. The number of piperazine rings is 1. The van der Waals surface area contributed by atoms with Gasteiger partial charge in [-0.15, -0.1) is 0 Å². The number of carbonyl (C=O) groups is 1. The molecule has 6 nitrogen and oxygen atoms in total. The van der Waals surface area contributed by atoms with Gasteiger partial charge in [-0.1, -0.05) is 6.07 Å². The van der Waals surface area contributed by atoms with Gasteiger partial charge in [0.1, 0.15) is 17.9 Å². The Morgan fingerprint density at radius 2 is 2.10 bits per heavy atom. The minimum atomic E-state index is -0.442. The Labute approximate surface area is 121 Å². The summed E-state index contributed by atoms with van der Waals surface area (Å²) in [6.45, 7) is 2.76. The van der Waals surface area contributed by atoms with Crippen LogP contribution >= 0.6 is 0 Å². The maximum atomic E-state index is 13.6. The van der Waals surface area contributed by atoms with Gasteiger partial charge in [0.25, 0.3) is 0 Å². The number of nitrogens with zero attached hydrogens (tertiary/aromatic N) is 3.